The quantitative estimate of drug-likeness (QED) is 0.794. The minimum atomic E-state index is -4.49. The predicted molar refractivity (Wildman–Crippen MR) is 79.9 cm³/mol. The molecule has 5 nitrogen and oxygen atoms in total. The highest BCUT2D eigenvalue weighted by Gasteiger charge is 2.34. The van der Waals surface area contributed by atoms with Gasteiger partial charge in [0, 0.05) is 37.8 Å². The summed E-state index contributed by atoms with van der Waals surface area (Å²) in [6.45, 7) is 7.55. The summed E-state index contributed by atoms with van der Waals surface area (Å²) >= 11 is 0. The van der Waals surface area contributed by atoms with Crippen molar-refractivity contribution >= 4 is 11.9 Å². The van der Waals surface area contributed by atoms with Gasteiger partial charge in [-0.3, -0.25) is 4.79 Å². The number of hydrogen-bond acceptors (Lipinski definition) is 4. The summed E-state index contributed by atoms with van der Waals surface area (Å²) in [5, 5.41) is 0. The average molecular weight is 330 g/mol. The summed E-state index contributed by atoms with van der Waals surface area (Å²) in [6.07, 6.45) is -2.70. The van der Waals surface area contributed by atoms with Crippen LogP contribution >= 0.6 is 0 Å². The van der Waals surface area contributed by atoms with Crippen LogP contribution in [0.1, 0.15) is 32.9 Å². The lowest BCUT2D eigenvalue weighted by Gasteiger charge is -2.28. The zero-order valence-electron chi connectivity index (χ0n) is 13.5. The molecule has 0 saturated carbocycles. The van der Waals surface area contributed by atoms with Crippen LogP contribution in [0, 0.1) is 5.41 Å². The van der Waals surface area contributed by atoms with Crippen LogP contribution in [0.15, 0.2) is 12.3 Å². The molecule has 1 aliphatic heterocycles. The SMILES string of the molecule is CC(C)(C)C(=O)N1CCCN(c2nccc(C(F)(F)F)n2)CC1. The second-order valence-corrected chi connectivity index (χ2v) is 6.62. The van der Waals surface area contributed by atoms with E-state index in [0.29, 0.717) is 32.6 Å². The van der Waals surface area contributed by atoms with Gasteiger partial charge in [-0.25, -0.2) is 9.97 Å². The van der Waals surface area contributed by atoms with Crippen LogP contribution in [-0.2, 0) is 11.0 Å². The van der Waals surface area contributed by atoms with Crippen LogP contribution in [0.25, 0.3) is 0 Å². The van der Waals surface area contributed by atoms with Crippen LogP contribution in [0.2, 0.25) is 0 Å². The van der Waals surface area contributed by atoms with Crippen molar-refractivity contribution in [2.75, 3.05) is 31.1 Å². The Kier molecular flexibility index (Phi) is 4.81. The van der Waals surface area contributed by atoms with E-state index in [1.165, 1.54) is 0 Å². The van der Waals surface area contributed by atoms with E-state index in [-0.39, 0.29) is 11.9 Å². The second kappa shape index (κ2) is 6.33. The third-order valence-electron chi connectivity index (χ3n) is 3.64. The Bertz CT molecular complexity index is 569. The summed E-state index contributed by atoms with van der Waals surface area (Å²) in [5.74, 6) is 0.106. The van der Waals surface area contributed by atoms with Crippen molar-refractivity contribution in [1.29, 1.82) is 0 Å². The number of aromatic nitrogens is 2. The van der Waals surface area contributed by atoms with Crippen molar-refractivity contribution in [1.82, 2.24) is 14.9 Å². The summed E-state index contributed by atoms with van der Waals surface area (Å²) in [5.41, 5.74) is -1.42. The van der Waals surface area contributed by atoms with Gasteiger partial charge in [0.1, 0.15) is 5.69 Å². The van der Waals surface area contributed by atoms with Gasteiger partial charge in [0.15, 0.2) is 0 Å². The van der Waals surface area contributed by atoms with Crippen molar-refractivity contribution < 1.29 is 18.0 Å². The molecule has 1 saturated heterocycles. The fraction of sp³-hybridized carbons (Fsp3) is 0.667. The number of carbonyl (C=O) groups excluding carboxylic acids is 1. The number of rotatable bonds is 1. The van der Waals surface area contributed by atoms with Gasteiger partial charge in [0.25, 0.3) is 0 Å². The van der Waals surface area contributed by atoms with Crippen molar-refractivity contribution in [3.63, 3.8) is 0 Å². The molecule has 1 fully saturated rings. The number of hydrogen-bond donors (Lipinski definition) is 0. The molecule has 1 aromatic heterocycles. The molecule has 0 radical (unpaired) electrons. The molecule has 0 spiro atoms. The lowest BCUT2D eigenvalue weighted by Crippen LogP contribution is -2.41. The maximum atomic E-state index is 12.8. The molecule has 128 valence electrons. The molecule has 0 N–H and O–H groups in total. The van der Waals surface area contributed by atoms with Crippen molar-refractivity contribution in [3.8, 4) is 0 Å². The number of carbonyl (C=O) groups is 1. The average Bonchev–Trinajstić information content (AvgIpc) is 2.70. The lowest BCUT2D eigenvalue weighted by molar-refractivity contribution is -0.141. The molecule has 1 amide bonds. The van der Waals surface area contributed by atoms with E-state index in [9.17, 15) is 18.0 Å². The monoisotopic (exact) mass is 330 g/mol. The predicted octanol–water partition coefficient (Wildman–Crippen LogP) is 2.58. The van der Waals surface area contributed by atoms with Crippen molar-refractivity contribution in [2.45, 2.75) is 33.4 Å². The zero-order valence-corrected chi connectivity index (χ0v) is 13.5. The molecule has 23 heavy (non-hydrogen) atoms. The Balaban J connectivity index is 2.11. The van der Waals surface area contributed by atoms with Gasteiger partial charge >= 0.3 is 6.18 Å². The Morgan fingerprint density at radius 2 is 1.83 bits per heavy atom. The van der Waals surface area contributed by atoms with Gasteiger partial charge in [0.05, 0.1) is 0 Å². The van der Waals surface area contributed by atoms with E-state index in [1.54, 1.807) is 9.80 Å². The first-order chi connectivity index (χ1) is 10.6. The molecular formula is C15H21F3N4O. The topological polar surface area (TPSA) is 49.3 Å². The number of alkyl halides is 3. The molecule has 0 aliphatic carbocycles. The van der Waals surface area contributed by atoms with Crippen LogP contribution in [-0.4, -0.2) is 47.0 Å². The third kappa shape index (κ3) is 4.33. The van der Waals surface area contributed by atoms with E-state index in [2.05, 4.69) is 9.97 Å². The summed E-state index contributed by atoms with van der Waals surface area (Å²) in [7, 11) is 0. The fourth-order valence-corrected chi connectivity index (χ4v) is 2.45. The Hall–Kier alpha value is -1.86. The van der Waals surface area contributed by atoms with Gasteiger partial charge < -0.3 is 9.80 Å². The number of anilines is 1. The molecule has 0 atom stereocenters. The standard InChI is InChI=1S/C15H21F3N4O/c1-14(2,3)12(23)21-7-4-8-22(10-9-21)13-19-6-5-11(20-13)15(16,17)18/h5-6H,4,7-10H2,1-3H3. The first-order valence-corrected chi connectivity index (χ1v) is 7.53. The van der Waals surface area contributed by atoms with E-state index in [0.717, 1.165) is 12.3 Å². The maximum absolute atomic E-state index is 12.8. The summed E-state index contributed by atoms with van der Waals surface area (Å²) < 4.78 is 38.3. The highest BCUT2D eigenvalue weighted by Crippen LogP contribution is 2.28. The molecule has 0 aromatic carbocycles. The summed E-state index contributed by atoms with van der Waals surface area (Å²) in [4.78, 5) is 23.3. The highest BCUT2D eigenvalue weighted by molar-refractivity contribution is 5.81. The Morgan fingerprint density at radius 3 is 2.43 bits per heavy atom. The van der Waals surface area contributed by atoms with E-state index in [4.69, 9.17) is 0 Å². The zero-order chi connectivity index (χ0) is 17.3. The van der Waals surface area contributed by atoms with E-state index < -0.39 is 17.3 Å². The van der Waals surface area contributed by atoms with Crippen LogP contribution in [0.3, 0.4) is 0 Å². The molecule has 8 heteroatoms. The van der Waals surface area contributed by atoms with E-state index >= 15 is 0 Å². The first-order valence-electron chi connectivity index (χ1n) is 7.53. The van der Waals surface area contributed by atoms with Gasteiger partial charge in [-0.1, -0.05) is 20.8 Å². The highest BCUT2D eigenvalue weighted by atomic mass is 19.4. The molecular weight excluding hydrogens is 309 g/mol. The molecule has 2 rings (SSSR count). The normalized spacial score (nSPS) is 17.1. The first kappa shape index (κ1) is 17.5. The van der Waals surface area contributed by atoms with Gasteiger partial charge in [0.2, 0.25) is 11.9 Å². The van der Waals surface area contributed by atoms with Gasteiger partial charge in [-0.05, 0) is 12.5 Å². The van der Waals surface area contributed by atoms with Crippen LogP contribution in [0.4, 0.5) is 19.1 Å². The smallest absolute Gasteiger partial charge is 0.340 e. The lowest BCUT2D eigenvalue weighted by atomic mass is 9.94. The van der Waals surface area contributed by atoms with Crippen LogP contribution in [0.5, 0.6) is 0 Å². The number of nitrogens with zero attached hydrogens (tertiary/aromatic N) is 4. The van der Waals surface area contributed by atoms with Gasteiger partial charge in [-0.2, -0.15) is 13.2 Å². The summed E-state index contributed by atoms with van der Waals surface area (Å²) in [6, 6.07) is 0.858. The third-order valence-corrected chi connectivity index (χ3v) is 3.64. The molecule has 0 unspecified atom stereocenters. The number of halogens is 3. The van der Waals surface area contributed by atoms with Crippen molar-refractivity contribution in [2.24, 2.45) is 5.41 Å². The molecule has 0 bridgehead atoms. The number of amides is 1. The van der Waals surface area contributed by atoms with Crippen LogP contribution < -0.4 is 4.90 Å². The largest absolute Gasteiger partial charge is 0.433 e. The Labute approximate surface area is 133 Å². The van der Waals surface area contributed by atoms with Crippen molar-refractivity contribution in [3.05, 3.63) is 18.0 Å². The fourth-order valence-electron chi connectivity index (χ4n) is 2.45. The molecule has 1 aliphatic rings. The molecule has 2 heterocycles. The minimum absolute atomic E-state index is 0.0457. The Morgan fingerprint density at radius 1 is 1.13 bits per heavy atom. The maximum Gasteiger partial charge on any atom is 0.433 e. The van der Waals surface area contributed by atoms with Gasteiger partial charge in [-0.15, -0.1) is 0 Å². The minimum Gasteiger partial charge on any atom is -0.340 e. The second-order valence-electron chi connectivity index (χ2n) is 6.62. The molecule has 1 aromatic rings. The van der Waals surface area contributed by atoms with E-state index in [1.807, 2.05) is 20.8 Å².